The number of ether oxygens (including phenoxy) is 1. The van der Waals surface area contributed by atoms with Gasteiger partial charge in [-0.15, -0.1) is 0 Å². The van der Waals surface area contributed by atoms with E-state index >= 15 is 0 Å². The molecule has 1 N–H and O–H groups in total. The van der Waals surface area contributed by atoms with Crippen LogP contribution in [0.5, 0.6) is 5.75 Å². The minimum absolute atomic E-state index is 0.114. The minimum Gasteiger partial charge on any atom is -0.491 e. The van der Waals surface area contributed by atoms with Crippen LogP contribution in [0.1, 0.15) is 42.6 Å². The average Bonchev–Trinajstić information content (AvgIpc) is 3.22. The molecule has 1 aliphatic heterocycles. The molecule has 1 fully saturated rings. The van der Waals surface area contributed by atoms with E-state index in [1.165, 1.54) is 16.4 Å². The number of sulfonamides is 1. The monoisotopic (exact) mass is 402 g/mol. The van der Waals surface area contributed by atoms with Crippen LogP contribution in [0.2, 0.25) is 0 Å². The predicted octanol–water partition coefficient (Wildman–Crippen LogP) is 3.19. The molecule has 3 rings (SSSR count). The molecule has 0 saturated carbocycles. The third kappa shape index (κ3) is 4.91. The number of hydrogen-bond donors (Lipinski definition) is 1. The zero-order valence-electron chi connectivity index (χ0n) is 16.2. The lowest BCUT2D eigenvalue weighted by atomic mass is 10.2. The van der Waals surface area contributed by atoms with Crippen LogP contribution in [-0.4, -0.2) is 37.8 Å². The Kier molecular flexibility index (Phi) is 6.36. The highest BCUT2D eigenvalue weighted by atomic mass is 32.2. The summed E-state index contributed by atoms with van der Waals surface area (Å²) in [5, 5.41) is 2.85. The molecular formula is C21H26N2O4S. The highest BCUT2D eigenvalue weighted by Crippen LogP contribution is 2.21. The van der Waals surface area contributed by atoms with E-state index in [9.17, 15) is 13.2 Å². The van der Waals surface area contributed by atoms with Gasteiger partial charge in [0.1, 0.15) is 5.75 Å². The van der Waals surface area contributed by atoms with E-state index in [2.05, 4.69) is 5.32 Å². The third-order valence-electron chi connectivity index (χ3n) is 4.57. The van der Waals surface area contributed by atoms with Gasteiger partial charge in [0.25, 0.3) is 5.91 Å². The van der Waals surface area contributed by atoms with Crippen molar-refractivity contribution in [1.29, 1.82) is 0 Å². The molecule has 0 aliphatic carbocycles. The summed E-state index contributed by atoms with van der Waals surface area (Å²) < 4.78 is 32.2. The van der Waals surface area contributed by atoms with Gasteiger partial charge >= 0.3 is 0 Å². The van der Waals surface area contributed by atoms with Crippen molar-refractivity contribution in [3.8, 4) is 5.75 Å². The number of nitrogens with zero attached hydrogens (tertiary/aromatic N) is 1. The zero-order valence-corrected chi connectivity index (χ0v) is 17.0. The smallest absolute Gasteiger partial charge is 0.251 e. The fourth-order valence-electron chi connectivity index (χ4n) is 3.10. The molecule has 6 nitrogen and oxygen atoms in total. The van der Waals surface area contributed by atoms with Crippen molar-refractivity contribution in [1.82, 2.24) is 9.62 Å². The van der Waals surface area contributed by atoms with Crippen LogP contribution in [0, 0.1) is 0 Å². The van der Waals surface area contributed by atoms with Gasteiger partial charge in [0, 0.05) is 25.2 Å². The van der Waals surface area contributed by atoms with Crippen LogP contribution >= 0.6 is 0 Å². The molecule has 0 aromatic heterocycles. The standard InChI is InChI=1S/C21H26N2O4S/c1-16(2)27-19-9-5-17(6-10-19)15-22-21(24)18-7-11-20(12-8-18)28(25,26)23-13-3-4-14-23/h5-12,16H,3-4,13-15H2,1-2H3,(H,22,24). The maximum Gasteiger partial charge on any atom is 0.251 e. The molecule has 1 amide bonds. The first-order valence-electron chi connectivity index (χ1n) is 9.50. The van der Waals surface area contributed by atoms with Crippen molar-refractivity contribution < 1.29 is 17.9 Å². The number of hydrogen-bond acceptors (Lipinski definition) is 4. The summed E-state index contributed by atoms with van der Waals surface area (Å²) in [6.45, 7) is 5.44. The summed E-state index contributed by atoms with van der Waals surface area (Å²) in [4.78, 5) is 12.6. The van der Waals surface area contributed by atoms with Gasteiger partial charge in [-0.1, -0.05) is 12.1 Å². The summed E-state index contributed by atoms with van der Waals surface area (Å²) in [6, 6.07) is 13.7. The van der Waals surface area contributed by atoms with Gasteiger partial charge in [-0.2, -0.15) is 4.31 Å². The number of carbonyl (C=O) groups is 1. The molecule has 0 unspecified atom stereocenters. The molecular weight excluding hydrogens is 376 g/mol. The second-order valence-corrected chi connectivity index (χ2v) is 9.07. The number of benzene rings is 2. The molecule has 1 saturated heterocycles. The second kappa shape index (κ2) is 8.75. The summed E-state index contributed by atoms with van der Waals surface area (Å²) in [7, 11) is -3.46. The summed E-state index contributed by atoms with van der Waals surface area (Å²) in [5.74, 6) is 0.549. The number of carbonyl (C=O) groups excluding carboxylic acids is 1. The number of amides is 1. The number of rotatable bonds is 7. The minimum atomic E-state index is -3.46. The Morgan fingerprint density at radius 1 is 1.04 bits per heavy atom. The van der Waals surface area contributed by atoms with Crippen LogP contribution < -0.4 is 10.1 Å². The van der Waals surface area contributed by atoms with Crippen molar-refractivity contribution >= 4 is 15.9 Å². The predicted molar refractivity (Wildman–Crippen MR) is 108 cm³/mol. The molecule has 0 spiro atoms. The molecule has 1 heterocycles. The fourth-order valence-corrected chi connectivity index (χ4v) is 4.62. The first-order valence-corrected chi connectivity index (χ1v) is 10.9. The number of nitrogens with one attached hydrogen (secondary N) is 1. The molecule has 2 aromatic carbocycles. The molecule has 2 aromatic rings. The zero-order chi connectivity index (χ0) is 20.1. The van der Waals surface area contributed by atoms with Crippen LogP contribution in [0.4, 0.5) is 0 Å². The molecule has 0 radical (unpaired) electrons. The quantitative estimate of drug-likeness (QED) is 0.772. The largest absolute Gasteiger partial charge is 0.491 e. The van der Waals surface area contributed by atoms with E-state index in [-0.39, 0.29) is 16.9 Å². The van der Waals surface area contributed by atoms with Gasteiger partial charge in [0.15, 0.2) is 0 Å². The third-order valence-corrected chi connectivity index (χ3v) is 6.48. The van der Waals surface area contributed by atoms with Crippen LogP contribution in [0.15, 0.2) is 53.4 Å². The van der Waals surface area contributed by atoms with E-state index in [0.29, 0.717) is 25.2 Å². The highest BCUT2D eigenvalue weighted by molar-refractivity contribution is 7.89. The Bertz CT molecular complexity index is 900. The van der Waals surface area contributed by atoms with E-state index in [0.717, 1.165) is 24.2 Å². The average molecular weight is 403 g/mol. The van der Waals surface area contributed by atoms with Crippen molar-refractivity contribution in [3.05, 3.63) is 59.7 Å². The Labute approximate surface area is 166 Å². The Balaban J connectivity index is 1.59. The van der Waals surface area contributed by atoms with Gasteiger partial charge in [-0.3, -0.25) is 4.79 Å². The topological polar surface area (TPSA) is 75.7 Å². The van der Waals surface area contributed by atoms with Gasteiger partial charge in [-0.05, 0) is 68.7 Å². The first kappa shape index (κ1) is 20.4. The molecule has 0 atom stereocenters. The SMILES string of the molecule is CC(C)Oc1ccc(CNC(=O)c2ccc(S(=O)(=O)N3CCCC3)cc2)cc1. The van der Waals surface area contributed by atoms with Gasteiger partial charge in [-0.25, -0.2) is 8.42 Å². The lowest BCUT2D eigenvalue weighted by Gasteiger charge is -2.15. The highest BCUT2D eigenvalue weighted by Gasteiger charge is 2.27. The van der Waals surface area contributed by atoms with Crippen LogP contribution in [0.3, 0.4) is 0 Å². The van der Waals surface area contributed by atoms with Crippen LogP contribution in [0.25, 0.3) is 0 Å². The van der Waals surface area contributed by atoms with Crippen molar-refractivity contribution in [2.75, 3.05) is 13.1 Å². The van der Waals surface area contributed by atoms with Gasteiger partial charge in [0.05, 0.1) is 11.0 Å². The Morgan fingerprint density at radius 2 is 1.64 bits per heavy atom. The molecule has 1 aliphatic rings. The van der Waals surface area contributed by atoms with E-state index in [1.807, 2.05) is 38.1 Å². The lowest BCUT2D eigenvalue weighted by molar-refractivity contribution is 0.0951. The maximum absolute atomic E-state index is 12.5. The van der Waals surface area contributed by atoms with E-state index < -0.39 is 10.0 Å². The molecule has 150 valence electrons. The summed E-state index contributed by atoms with van der Waals surface area (Å²) in [5.41, 5.74) is 1.39. The Hall–Kier alpha value is -2.38. The van der Waals surface area contributed by atoms with Gasteiger partial charge in [0.2, 0.25) is 10.0 Å². The lowest BCUT2D eigenvalue weighted by Crippen LogP contribution is -2.28. The van der Waals surface area contributed by atoms with Crippen molar-refractivity contribution in [2.45, 2.75) is 44.2 Å². The Morgan fingerprint density at radius 3 is 2.21 bits per heavy atom. The van der Waals surface area contributed by atoms with Crippen molar-refractivity contribution in [3.63, 3.8) is 0 Å². The maximum atomic E-state index is 12.5. The molecule has 0 bridgehead atoms. The van der Waals surface area contributed by atoms with Crippen molar-refractivity contribution in [2.24, 2.45) is 0 Å². The second-order valence-electron chi connectivity index (χ2n) is 7.13. The first-order chi connectivity index (χ1) is 13.4. The summed E-state index contributed by atoms with van der Waals surface area (Å²) in [6.07, 6.45) is 1.90. The van der Waals surface area contributed by atoms with Crippen LogP contribution in [-0.2, 0) is 16.6 Å². The van der Waals surface area contributed by atoms with Gasteiger partial charge < -0.3 is 10.1 Å². The normalized spacial score (nSPS) is 15.0. The summed E-state index contributed by atoms with van der Waals surface area (Å²) >= 11 is 0. The molecule has 7 heteroatoms. The van der Waals surface area contributed by atoms with E-state index in [1.54, 1.807) is 12.1 Å². The molecule has 28 heavy (non-hydrogen) atoms. The fraction of sp³-hybridized carbons (Fsp3) is 0.381. The van der Waals surface area contributed by atoms with E-state index in [4.69, 9.17) is 4.74 Å².